The molecule has 1 amide bonds. The SMILES string of the molecule is Cc1cc(COC(=O)[C@@H](NC(=O)c2ccc(C(C)(C)C)cc2)C(C)C)on1. The van der Waals surface area contributed by atoms with Crippen LogP contribution in [0.1, 0.15) is 62.0 Å². The minimum absolute atomic E-state index is 0.0122. The smallest absolute Gasteiger partial charge is 0.329 e. The van der Waals surface area contributed by atoms with Gasteiger partial charge in [-0.15, -0.1) is 0 Å². The van der Waals surface area contributed by atoms with Crippen LogP contribution in [0.15, 0.2) is 34.9 Å². The highest BCUT2D eigenvalue weighted by molar-refractivity contribution is 5.96. The number of hydrogen-bond acceptors (Lipinski definition) is 5. The molecule has 0 fully saturated rings. The highest BCUT2D eigenvalue weighted by atomic mass is 16.6. The van der Waals surface area contributed by atoms with Gasteiger partial charge in [-0.05, 0) is 36.0 Å². The highest BCUT2D eigenvalue weighted by Crippen LogP contribution is 2.22. The molecule has 0 saturated carbocycles. The number of aryl methyl sites for hydroxylation is 1. The maximum absolute atomic E-state index is 12.6. The number of benzene rings is 1. The summed E-state index contributed by atoms with van der Waals surface area (Å²) in [6.07, 6.45) is 0. The molecule has 0 aliphatic rings. The number of carbonyl (C=O) groups excluding carboxylic acids is 2. The van der Waals surface area contributed by atoms with E-state index < -0.39 is 12.0 Å². The van der Waals surface area contributed by atoms with Crippen molar-refractivity contribution >= 4 is 11.9 Å². The summed E-state index contributed by atoms with van der Waals surface area (Å²) in [4.78, 5) is 25.0. The van der Waals surface area contributed by atoms with E-state index in [2.05, 4.69) is 31.2 Å². The van der Waals surface area contributed by atoms with Crippen molar-refractivity contribution in [2.24, 2.45) is 5.92 Å². The first-order valence-corrected chi connectivity index (χ1v) is 9.08. The molecule has 0 aliphatic carbocycles. The number of aromatic nitrogens is 1. The molecule has 1 aromatic carbocycles. The number of nitrogens with zero attached hydrogens (tertiary/aromatic N) is 1. The Labute approximate surface area is 160 Å². The monoisotopic (exact) mass is 372 g/mol. The van der Waals surface area contributed by atoms with E-state index in [1.807, 2.05) is 26.0 Å². The Morgan fingerprint density at radius 3 is 2.30 bits per heavy atom. The van der Waals surface area contributed by atoms with Crippen molar-refractivity contribution in [3.05, 3.63) is 52.9 Å². The molecule has 2 aromatic rings. The fourth-order valence-electron chi connectivity index (χ4n) is 2.56. The van der Waals surface area contributed by atoms with Gasteiger partial charge in [0, 0.05) is 11.6 Å². The average molecular weight is 372 g/mol. The van der Waals surface area contributed by atoms with Gasteiger partial charge in [-0.2, -0.15) is 0 Å². The summed E-state index contributed by atoms with van der Waals surface area (Å²) in [5, 5.41) is 6.52. The van der Waals surface area contributed by atoms with Crippen LogP contribution >= 0.6 is 0 Å². The van der Waals surface area contributed by atoms with Gasteiger partial charge in [-0.1, -0.05) is 51.9 Å². The molecule has 6 nitrogen and oxygen atoms in total. The van der Waals surface area contributed by atoms with Gasteiger partial charge in [0.1, 0.15) is 6.04 Å². The Kier molecular flexibility index (Phi) is 6.41. The van der Waals surface area contributed by atoms with Gasteiger partial charge in [0.05, 0.1) is 5.69 Å². The second kappa shape index (κ2) is 8.37. The Morgan fingerprint density at radius 2 is 1.81 bits per heavy atom. The molecule has 0 aliphatic heterocycles. The van der Waals surface area contributed by atoms with Crippen molar-refractivity contribution in [3.8, 4) is 0 Å². The maximum atomic E-state index is 12.6. The van der Waals surface area contributed by atoms with Crippen LogP contribution in [0, 0.1) is 12.8 Å². The molecule has 1 atom stereocenters. The molecule has 1 aromatic heterocycles. The zero-order chi connectivity index (χ0) is 20.2. The van der Waals surface area contributed by atoms with Gasteiger partial charge >= 0.3 is 5.97 Å². The van der Waals surface area contributed by atoms with Crippen molar-refractivity contribution < 1.29 is 18.8 Å². The van der Waals surface area contributed by atoms with E-state index in [0.29, 0.717) is 17.0 Å². The van der Waals surface area contributed by atoms with Gasteiger partial charge in [0.15, 0.2) is 12.4 Å². The second-order valence-electron chi connectivity index (χ2n) is 8.06. The molecule has 0 radical (unpaired) electrons. The summed E-state index contributed by atoms with van der Waals surface area (Å²) in [6.45, 7) is 11.8. The Bertz CT molecular complexity index is 785. The largest absolute Gasteiger partial charge is 0.456 e. The third kappa shape index (κ3) is 5.67. The Morgan fingerprint density at radius 1 is 1.19 bits per heavy atom. The van der Waals surface area contributed by atoms with E-state index in [1.54, 1.807) is 25.1 Å². The first-order chi connectivity index (χ1) is 12.6. The molecule has 2 rings (SSSR count). The number of amides is 1. The predicted molar refractivity (Wildman–Crippen MR) is 102 cm³/mol. The van der Waals surface area contributed by atoms with Crippen LogP contribution in [0.2, 0.25) is 0 Å². The van der Waals surface area contributed by atoms with Crippen LogP contribution in [0.4, 0.5) is 0 Å². The lowest BCUT2D eigenvalue weighted by molar-refractivity contribution is -0.149. The van der Waals surface area contributed by atoms with Gasteiger partial charge < -0.3 is 14.6 Å². The fraction of sp³-hybridized carbons (Fsp3) is 0.476. The minimum Gasteiger partial charge on any atom is -0.456 e. The van der Waals surface area contributed by atoms with E-state index in [-0.39, 0.29) is 23.8 Å². The molecule has 0 unspecified atom stereocenters. The number of carbonyl (C=O) groups is 2. The van der Waals surface area contributed by atoms with Crippen molar-refractivity contribution in [1.29, 1.82) is 0 Å². The van der Waals surface area contributed by atoms with Gasteiger partial charge in [-0.25, -0.2) is 4.79 Å². The zero-order valence-electron chi connectivity index (χ0n) is 16.8. The van der Waals surface area contributed by atoms with Gasteiger partial charge in [0.2, 0.25) is 0 Å². The topological polar surface area (TPSA) is 81.4 Å². The molecular formula is C21H28N2O4. The first-order valence-electron chi connectivity index (χ1n) is 9.08. The van der Waals surface area contributed by atoms with Crippen LogP contribution in [-0.2, 0) is 21.6 Å². The lowest BCUT2D eigenvalue weighted by Crippen LogP contribution is -2.45. The summed E-state index contributed by atoms with van der Waals surface area (Å²) in [6, 6.07) is 8.37. The van der Waals surface area contributed by atoms with Crippen molar-refractivity contribution in [2.75, 3.05) is 0 Å². The summed E-state index contributed by atoms with van der Waals surface area (Å²) < 4.78 is 10.3. The first kappa shape index (κ1) is 20.7. The Balaban J connectivity index is 2.01. The molecule has 146 valence electrons. The van der Waals surface area contributed by atoms with Gasteiger partial charge in [-0.3, -0.25) is 4.79 Å². The average Bonchev–Trinajstić information content (AvgIpc) is 3.01. The van der Waals surface area contributed by atoms with E-state index in [4.69, 9.17) is 9.26 Å². The molecule has 6 heteroatoms. The lowest BCUT2D eigenvalue weighted by atomic mass is 9.86. The van der Waals surface area contributed by atoms with Crippen LogP contribution in [0.5, 0.6) is 0 Å². The fourth-order valence-corrected chi connectivity index (χ4v) is 2.56. The molecule has 0 bridgehead atoms. The number of esters is 1. The number of nitrogens with one attached hydrogen (secondary N) is 1. The molecular weight excluding hydrogens is 344 g/mol. The Hall–Kier alpha value is -2.63. The van der Waals surface area contributed by atoms with Crippen LogP contribution < -0.4 is 5.32 Å². The second-order valence-corrected chi connectivity index (χ2v) is 8.06. The number of ether oxygens (including phenoxy) is 1. The summed E-state index contributed by atoms with van der Waals surface area (Å²) in [7, 11) is 0. The number of hydrogen-bond donors (Lipinski definition) is 1. The van der Waals surface area contributed by atoms with Gasteiger partial charge in [0.25, 0.3) is 5.91 Å². The molecule has 27 heavy (non-hydrogen) atoms. The van der Waals surface area contributed by atoms with E-state index >= 15 is 0 Å². The van der Waals surface area contributed by atoms with E-state index in [9.17, 15) is 9.59 Å². The molecule has 1 heterocycles. The van der Waals surface area contributed by atoms with Crippen molar-refractivity contribution in [3.63, 3.8) is 0 Å². The van der Waals surface area contributed by atoms with Crippen molar-refractivity contribution in [1.82, 2.24) is 10.5 Å². The van der Waals surface area contributed by atoms with E-state index in [0.717, 1.165) is 5.56 Å². The quantitative estimate of drug-likeness (QED) is 0.781. The van der Waals surface area contributed by atoms with Crippen LogP contribution in [-0.4, -0.2) is 23.1 Å². The third-order valence-electron chi connectivity index (χ3n) is 4.25. The zero-order valence-corrected chi connectivity index (χ0v) is 16.8. The summed E-state index contributed by atoms with van der Waals surface area (Å²) in [5.41, 5.74) is 2.38. The lowest BCUT2D eigenvalue weighted by Gasteiger charge is -2.21. The normalized spacial score (nSPS) is 12.7. The van der Waals surface area contributed by atoms with Crippen LogP contribution in [0.25, 0.3) is 0 Å². The third-order valence-corrected chi connectivity index (χ3v) is 4.25. The van der Waals surface area contributed by atoms with Crippen molar-refractivity contribution in [2.45, 2.75) is 59.6 Å². The standard InChI is InChI=1S/C21H28N2O4/c1-13(2)18(20(25)26-12-17-11-14(3)23-27-17)22-19(24)15-7-9-16(10-8-15)21(4,5)6/h7-11,13,18H,12H2,1-6H3,(H,22,24)/t18-/m0/s1. The minimum atomic E-state index is -0.746. The highest BCUT2D eigenvalue weighted by Gasteiger charge is 2.26. The van der Waals surface area contributed by atoms with Crippen LogP contribution in [0.3, 0.4) is 0 Å². The molecule has 1 N–H and O–H groups in total. The number of rotatable bonds is 6. The summed E-state index contributed by atoms with van der Waals surface area (Å²) in [5.74, 6) is -0.459. The molecule has 0 saturated heterocycles. The maximum Gasteiger partial charge on any atom is 0.329 e. The molecule has 0 spiro atoms. The van der Waals surface area contributed by atoms with E-state index in [1.165, 1.54) is 0 Å². The predicted octanol–water partition coefficient (Wildman–Crippen LogP) is 3.78. The summed E-state index contributed by atoms with van der Waals surface area (Å²) >= 11 is 0.